The smallest absolute Gasteiger partial charge is 0.232 e. The van der Waals surface area contributed by atoms with Crippen molar-refractivity contribution in [1.29, 1.82) is 0 Å². The van der Waals surface area contributed by atoms with Crippen molar-refractivity contribution >= 4 is 34.3 Å². The molecule has 3 aliphatic rings. The fourth-order valence-electron chi connectivity index (χ4n) is 5.80. The molecule has 1 saturated carbocycles. The number of benzene rings is 1. The van der Waals surface area contributed by atoms with E-state index in [1.165, 1.54) is 11.8 Å². The molecule has 182 valence electrons. The van der Waals surface area contributed by atoms with Crippen LogP contribution in [0, 0.1) is 11.2 Å². The first-order valence-corrected chi connectivity index (χ1v) is 13.1. The highest BCUT2D eigenvalue weighted by molar-refractivity contribution is 7.99. The second-order valence-electron chi connectivity index (χ2n) is 10.2. The lowest BCUT2D eigenvalue weighted by Crippen LogP contribution is -2.30. The van der Waals surface area contributed by atoms with Gasteiger partial charge in [0.05, 0.1) is 5.69 Å². The molecule has 0 bridgehead atoms. The van der Waals surface area contributed by atoms with Gasteiger partial charge in [0.1, 0.15) is 24.2 Å². The van der Waals surface area contributed by atoms with Gasteiger partial charge in [0, 0.05) is 72.5 Å². The van der Waals surface area contributed by atoms with E-state index in [4.69, 9.17) is 15.7 Å². The third-order valence-electron chi connectivity index (χ3n) is 7.97. The van der Waals surface area contributed by atoms with Gasteiger partial charge in [-0.3, -0.25) is 0 Å². The minimum absolute atomic E-state index is 0.130. The third-order valence-corrected chi connectivity index (χ3v) is 8.79. The van der Waals surface area contributed by atoms with E-state index in [1.54, 1.807) is 12.1 Å². The standard InChI is InChI=1S/C27H27FN7S/c1-30-20-9-15(28)8-18-17(20)11-21-24(18)25(35-13-23(29)27(14-35)5-6-27)33-26(32-21)36-16-10-22-19(31-12-16)4-3-7-34(22)2/h3-4,7-10,12,23,30H,5-6,11,13-14,29H2,1-2H3/q+1. The highest BCUT2D eigenvalue weighted by atomic mass is 32.2. The number of aryl methyl sites for hydroxylation is 1. The highest BCUT2D eigenvalue weighted by Gasteiger charge is 2.54. The number of fused-ring (bicyclic) bond motifs is 4. The molecule has 2 fully saturated rings. The Balaban J connectivity index is 1.35. The second kappa shape index (κ2) is 7.85. The van der Waals surface area contributed by atoms with Gasteiger partial charge < -0.3 is 16.0 Å². The zero-order valence-corrected chi connectivity index (χ0v) is 21.1. The predicted molar refractivity (Wildman–Crippen MR) is 139 cm³/mol. The van der Waals surface area contributed by atoms with E-state index in [9.17, 15) is 4.39 Å². The molecule has 1 spiro atoms. The molecule has 1 aromatic carbocycles. The van der Waals surface area contributed by atoms with E-state index >= 15 is 0 Å². The molecular weight excluding hydrogens is 473 g/mol. The lowest BCUT2D eigenvalue weighted by molar-refractivity contribution is -0.645. The molecule has 2 aliphatic carbocycles. The van der Waals surface area contributed by atoms with E-state index in [0.29, 0.717) is 11.6 Å². The summed E-state index contributed by atoms with van der Waals surface area (Å²) in [4.78, 5) is 18.0. The fraction of sp³-hybridized carbons (Fsp3) is 0.333. The molecule has 3 N–H and O–H groups in total. The molecule has 7 rings (SSSR count). The summed E-state index contributed by atoms with van der Waals surface area (Å²) in [5, 5.41) is 3.84. The Morgan fingerprint density at radius 1 is 1.25 bits per heavy atom. The van der Waals surface area contributed by atoms with Crippen molar-refractivity contribution in [3.8, 4) is 11.1 Å². The van der Waals surface area contributed by atoms with Gasteiger partial charge in [-0.1, -0.05) is 0 Å². The molecule has 7 nitrogen and oxygen atoms in total. The molecule has 4 aromatic rings. The van der Waals surface area contributed by atoms with E-state index in [-0.39, 0.29) is 17.3 Å². The Kier molecular flexibility index (Phi) is 4.78. The summed E-state index contributed by atoms with van der Waals surface area (Å²) < 4.78 is 16.7. The maximum atomic E-state index is 14.6. The van der Waals surface area contributed by atoms with Gasteiger partial charge in [-0.25, -0.2) is 19.3 Å². The molecular formula is C27H27FN7S+. The maximum absolute atomic E-state index is 14.6. The Morgan fingerprint density at radius 2 is 2.11 bits per heavy atom. The van der Waals surface area contributed by atoms with Crippen molar-refractivity contribution in [3.05, 3.63) is 59.8 Å². The van der Waals surface area contributed by atoms with Crippen LogP contribution in [0.1, 0.15) is 24.1 Å². The highest BCUT2D eigenvalue weighted by Crippen LogP contribution is 2.54. The maximum Gasteiger partial charge on any atom is 0.232 e. The number of halogens is 1. The molecule has 1 atom stereocenters. The monoisotopic (exact) mass is 500 g/mol. The van der Waals surface area contributed by atoms with E-state index < -0.39 is 0 Å². The summed E-state index contributed by atoms with van der Waals surface area (Å²) in [7, 11) is 3.84. The van der Waals surface area contributed by atoms with E-state index in [0.717, 1.165) is 75.7 Å². The molecule has 0 amide bonds. The minimum atomic E-state index is -0.262. The zero-order chi connectivity index (χ0) is 24.6. The van der Waals surface area contributed by atoms with Crippen LogP contribution < -0.4 is 20.5 Å². The van der Waals surface area contributed by atoms with Crippen LogP contribution in [-0.4, -0.2) is 41.1 Å². The van der Waals surface area contributed by atoms with Crippen LogP contribution in [0.5, 0.6) is 0 Å². The fourth-order valence-corrected chi connectivity index (χ4v) is 6.57. The largest absolute Gasteiger partial charge is 0.388 e. The molecule has 36 heavy (non-hydrogen) atoms. The topological polar surface area (TPSA) is 83.8 Å². The average molecular weight is 501 g/mol. The lowest BCUT2D eigenvalue weighted by atomic mass is 10.0. The van der Waals surface area contributed by atoms with Crippen LogP contribution in [-0.2, 0) is 13.5 Å². The minimum Gasteiger partial charge on any atom is -0.388 e. The van der Waals surface area contributed by atoms with Crippen LogP contribution in [0.4, 0.5) is 15.9 Å². The predicted octanol–water partition coefficient (Wildman–Crippen LogP) is 3.68. The van der Waals surface area contributed by atoms with Crippen LogP contribution >= 0.6 is 11.8 Å². The summed E-state index contributed by atoms with van der Waals surface area (Å²) in [5.41, 5.74) is 13.4. The van der Waals surface area contributed by atoms with Crippen molar-refractivity contribution in [2.24, 2.45) is 18.2 Å². The van der Waals surface area contributed by atoms with Crippen molar-refractivity contribution in [3.63, 3.8) is 0 Å². The van der Waals surface area contributed by atoms with Gasteiger partial charge in [-0.2, -0.15) is 4.57 Å². The SMILES string of the molecule is CNc1cc(F)cc2c1Cc1nc(Sc3cnc4ccc[n+](C)c4c3)nc(N3CC(N)C4(CC4)C3)c1-2. The van der Waals surface area contributed by atoms with E-state index in [2.05, 4.69) is 25.8 Å². The number of anilines is 2. The first-order chi connectivity index (χ1) is 17.4. The van der Waals surface area contributed by atoms with Gasteiger partial charge in [-0.05, 0) is 53.9 Å². The Hall–Kier alpha value is -3.30. The van der Waals surface area contributed by atoms with Crippen LogP contribution in [0.15, 0.2) is 52.8 Å². The molecule has 9 heteroatoms. The quantitative estimate of drug-likeness (QED) is 0.288. The molecule has 0 radical (unpaired) electrons. The summed E-state index contributed by atoms with van der Waals surface area (Å²) >= 11 is 1.51. The Labute approximate surface area is 213 Å². The summed E-state index contributed by atoms with van der Waals surface area (Å²) in [5.74, 6) is 0.606. The van der Waals surface area contributed by atoms with Gasteiger partial charge in [0.2, 0.25) is 5.52 Å². The Bertz CT molecular complexity index is 1550. The lowest BCUT2D eigenvalue weighted by Gasteiger charge is -2.21. The van der Waals surface area contributed by atoms with Crippen LogP contribution in [0.3, 0.4) is 0 Å². The number of nitrogens with one attached hydrogen (secondary N) is 1. The molecule has 1 aliphatic heterocycles. The van der Waals surface area contributed by atoms with Gasteiger partial charge in [-0.15, -0.1) is 0 Å². The summed E-state index contributed by atoms with van der Waals surface area (Å²) in [6.07, 6.45) is 6.85. The van der Waals surface area contributed by atoms with Crippen molar-refractivity contribution in [2.45, 2.75) is 35.4 Å². The molecule has 1 unspecified atom stereocenters. The number of aromatic nitrogens is 4. The molecule has 3 aromatic heterocycles. The van der Waals surface area contributed by atoms with Crippen molar-refractivity contribution < 1.29 is 8.96 Å². The van der Waals surface area contributed by atoms with Crippen molar-refractivity contribution in [2.75, 3.05) is 30.4 Å². The third kappa shape index (κ3) is 3.37. The number of hydrogen-bond acceptors (Lipinski definition) is 7. The number of rotatable bonds is 4. The van der Waals surface area contributed by atoms with Crippen LogP contribution in [0.2, 0.25) is 0 Å². The second-order valence-corrected chi connectivity index (χ2v) is 11.2. The van der Waals surface area contributed by atoms with Gasteiger partial charge in [0.15, 0.2) is 11.4 Å². The summed E-state index contributed by atoms with van der Waals surface area (Å²) in [6, 6.07) is 9.43. The first kappa shape index (κ1) is 21.9. The molecule has 1 saturated heterocycles. The van der Waals surface area contributed by atoms with Crippen molar-refractivity contribution in [1.82, 2.24) is 15.0 Å². The van der Waals surface area contributed by atoms with Crippen LogP contribution in [0.25, 0.3) is 22.2 Å². The Morgan fingerprint density at radius 3 is 2.89 bits per heavy atom. The van der Waals surface area contributed by atoms with E-state index in [1.807, 2.05) is 38.6 Å². The molecule has 4 heterocycles. The number of pyridine rings is 2. The van der Waals surface area contributed by atoms with Gasteiger partial charge in [0.25, 0.3) is 0 Å². The van der Waals surface area contributed by atoms with Gasteiger partial charge >= 0.3 is 0 Å². The zero-order valence-electron chi connectivity index (χ0n) is 20.3. The normalized spacial score (nSPS) is 19.1. The first-order valence-electron chi connectivity index (χ1n) is 12.3. The summed E-state index contributed by atoms with van der Waals surface area (Å²) in [6.45, 7) is 1.64. The number of nitrogens with two attached hydrogens (primary N) is 1. The number of nitrogens with zero attached hydrogens (tertiary/aromatic N) is 5. The average Bonchev–Trinajstić information content (AvgIpc) is 3.45. The number of hydrogen-bond donors (Lipinski definition) is 2.